The summed E-state index contributed by atoms with van der Waals surface area (Å²) in [6.45, 7) is 0. The van der Waals surface area contributed by atoms with Crippen molar-refractivity contribution in [2.45, 2.75) is 6.42 Å². The van der Waals surface area contributed by atoms with E-state index in [0.717, 1.165) is 0 Å². The highest BCUT2D eigenvalue weighted by Gasteiger charge is 2.06. The molecule has 4 nitrogen and oxygen atoms in total. The highest BCUT2D eigenvalue weighted by atomic mass is 35.5. The molecule has 0 aliphatic heterocycles. The van der Waals surface area contributed by atoms with Crippen LogP contribution in [0.3, 0.4) is 0 Å². The van der Waals surface area contributed by atoms with Gasteiger partial charge in [-0.15, -0.1) is 0 Å². The Hall–Kier alpha value is -1.29. The smallest absolute Gasteiger partial charge is 0.309 e. The van der Waals surface area contributed by atoms with E-state index in [1.165, 1.54) is 14.2 Å². The van der Waals surface area contributed by atoms with E-state index in [1.54, 1.807) is 12.1 Å². The first-order chi connectivity index (χ1) is 6.65. The summed E-state index contributed by atoms with van der Waals surface area (Å²) in [5, 5.41) is 0.295. The van der Waals surface area contributed by atoms with E-state index < -0.39 is 0 Å². The van der Waals surface area contributed by atoms with Crippen molar-refractivity contribution in [1.29, 1.82) is 0 Å². The Morgan fingerprint density at radius 3 is 2.79 bits per heavy atom. The zero-order chi connectivity index (χ0) is 10.6. The lowest BCUT2D eigenvalue weighted by atomic mass is 10.2. The van der Waals surface area contributed by atoms with Crippen molar-refractivity contribution in [3.8, 4) is 5.88 Å². The van der Waals surface area contributed by atoms with Crippen LogP contribution in [-0.4, -0.2) is 25.2 Å². The van der Waals surface area contributed by atoms with Crippen molar-refractivity contribution >= 4 is 17.6 Å². The minimum Gasteiger partial charge on any atom is -0.481 e. The third-order valence-corrected chi connectivity index (χ3v) is 1.81. The van der Waals surface area contributed by atoms with E-state index in [1.807, 2.05) is 0 Å². The maximum Gasteiger partial charge on any atom is 0.309 e. The van der Waals surface area contributed by atoms with Gasteiger partial charge in [-0.3, -0.25) is 4.79 Å². The first-order valence-corrected chi connectivity index (χ1v) is 4.30. The number of aromatic nitrogens is 1. The third-order valence-electron chi connectivity index (χ3n) is 1.62. The number of methoxy groups -OCH3 is 2. The first-order valence-electron chi connectivity index (χ1n) is 3.93. The molecule has 1 aromatic rings. The fourth-order valence-corrected chi connectivity index (χ4v) is 1.19. The number of esters is 1. The molecule has 14 heavy (non-hydrogen) atoms. The maximum atomic E-state index is 11.0. The Labute approximate surface area is 86.8 Å². The van der Waals surface area contributed by atoms with Crippen LogP contribution in [0.2, 0.25) is 5.15 Å². The molecule has 0 bridgehead atoms. The minimum atomic E-state index is -0.325. The largest absolute Gasteiger partial charge is 0.481 e. The fraction of sp³-hybridized carbons (Fsp3) is 0.333. The molecule has 76 valence electrons. The highest BCUT2D eigenvalue weighted by molar-refractivity contribution is 6.29. The van der Waals surface area contributed by atoms with Crippen LogP contribution in [0.1, 0.15) is 5.56 Å². The van der Waals surface area contributed by atoms with Gasteiger partial charge in [0.15, 0.2) is 0 Å². The molecule has 0 aromatic carbocycles. The van der Waals surface area contributed by atoms with Gasteiger partial charge in [-0.1, -0.05) is 11.6 Å². The molecule has 0 N–H and O–H groups in total. The second-order valence-corrected chi connectivity index (χ2v) is 2.98. The summed E-state index contributed by atoms with van der Waals surface area (Å²) in [5.74, 6) is 0.0609. The van der Waals surface area contributed by atoms with Gasteiger partial charge in [-0.2, -0.15) is 0 Å². The molecular weight excluding hydrogens is 206 g/mol. The summed E-state index contributed by atoms with van der Waals surface area (Å²) in [6, 6.07) is 3.24. The van der Waals surface area contributed by atoms with Crippen molar-refractivity contribution < 1.29 is 14.3 Å². The minimum absolute atomic E-state index is 0.162. The van der Waals surface area contributed by atoms with Gasteiger partial charge in [0.2, 0.25) is 5.88 Å². The SMILES string of the molecule is COC(=O)Cc1cc(Cl)nc(OC)c1. The summed E-state index contributed by atoms with van der Waals surface area (Å²) < 4.78 is 9.43. The Morgan fingerprint density at radius 1 is 1.50 bits per heavy atom. The maximum absolute atomic E-state index is 11.0. The number of carbonyl (C=O) groups is 1. The van der Waals surface area contributed by atoms with Crippen LogP contribution in [0.25, 0.3) is 0 Å². The standard InChI is InChI=1S/C9H10ClNO3/c1-13-8-4-6(3-7(10)11-8)5-9(12)14-2/h3-4H,5H2,1-2H3. The summed E-state index contributed by atoms with van der Waals surface area (Å²) in [4.78, 5) is 14.8. The highest BCUT2D eigenvalue weighted by Crippen LogP contribution is 2.16. The molecule has 0 aliphatic carbocycles. The molecule has 0 unspecified atom stereocenters. The van der Waals surface area contributed by atoms with Crippen molar-refractivity contribution in [1.82, 2.24) is 4.98 Å². The van der Waals surface area contributed by atoms with E-state index in [0.29, 0.717) is 16.6 Å². The van der Waals surface area contributed by atoms with Gasteiger partial charge in [0.25, 0.3) is 0 Å². The molecule has 0 radical (unpaired) electrons. The van der Waals surface area contributed by atoms with Crippen LogP contribution in [0.4, 0.5) is 0 Å². The second kappa shape index (κ2) is 4.81. The fourth-order valence-electron chi connectivity index (χ4n) is 0.969. The van der Waals surface area contributed by atoms with Crippen LogP contribution >= 0.6 is 11.6 Å². The van der Waals surface area contributed by atoms with Gasteiger partial charge in [-0.25, -0.2) is 4.98 Å². The molecule has 0 atom stereocenters. The summed E-state index contributed by atoms with van der Waals surface area (Å²) >= 11 is 5.71. The molecule has 0 fully saturated rings. The van der Waals surface area contributed by atoms with E-state index in [2.05, 4.69) is 9.72 Å². The van der Waals surface area contributed by atoms with Crippen molar-refractivity contribution in [2.24, 2.45) is 0 Å². The lowest BCUT2D eigenvalue weighted by molar-refractivity contribution is -0.139. The van der Waals surface area contributed by atoms with Crippen molar-refractivity contribution in [3.05, 3.63) is 22.8 Å². The molecule has 5 heteroatoms. The number of hydrogen-bond acceptors (Lipinski definition) is 4. The Morgan fingerprint density at radius 2 is 2.21 bits per heavy atom. The van der Waals surface area contributed by atoms with Crippen LogP contribution < -0.4 is 4.74 Å². The molecule has 0 spiro atoms. The molecule has 1 heterocycles. The summed E-state index contributed by atoms with van der Waals surface area (Å²) in [6.07, 6.45) is 0.162. The second-order valence-electron chi connectivity index (χ2n) is 2.59. The quantitative estimate of drug-likeness (QED) is 0.566. The van der Waals surface area contributed by atoms with Crippen LogP contribution in [0.15, 0.2) is 12.1 Å². The molecule has 0 saturated heterocycles. The lowest BCUT2D eigenvalue weighted by Gasteiger charge is -2.03. The number of rotatable bonds is 3. The zero-order valence-electron chi connectivity index (χ0n) is 7.91. The van der Waals surface area contributed by atoms with E-state index in [-0.39, 0.29) is 12.4 Å². The average Bonchev–Trinajstić information content (AvgIpc) is 2.16. The van der Waals surface area contributed by atoms with Gasteiger partial charge in [0, 0.05) is 6.07 Å². The molecule has 1 aromatic heterocycles. The molecular formula is C9H10ClNO3. The van der Waals surface area contributed by atoms with Gasteiger partial charge in [0.1, 0.15) is 5.15 Å². The number of halogens is 1. The van der Waals surface area contributed by atoms with E-state index >= 15 is 0 Å². The zero-order valence-corrected chi connectivity index (χ0v) is 8.67. The van der Waals surface area contributed by atoms with Crippen molar-refractivity contribution in [3.63, 3.8) is 0 Å². The molecule has 1 rings (SSSR count). The lowest BCUT2D eigenvalue weighted by Crippen LogP contribution is -2.05. The Bertz CT molecular complexity index is 341. The van der Waals surface area contributed by atoms with Gasteiger partial charge in [-0.05, 0) is 11.6 Å². The first kappa shape index (κ1) is 10.8. The number of nitrogens with zero attached hydrogens (tertiary/aromatic N) is 1. The number of hydrogen-bond donors (Lipinski definition) is 0. The van der Waals surface area contributed by atoms with E-state index in [9.17, 15) is 4.79 Å². The van der Waals surface area contributed by atoms with Gasteiger partial charge in [0.05, 0.1) is 20.6 Å². The topological polar surface area (TPSA) is 48.4 Å². The summed E-state index contributed by atoms with van der Waals surface area (Å²) in [5.41, 5.74) is 0.716. The molecule has 0 saturated carbocycles. The third kappa shape index (κ3) is 2.88. The van der Waals surface area contributed by atoms with Crippen LogP contribution in [-0.2, 0) is 16.0 Å². The molecule has 0 amide bonds. The average molecular weight is 216 g/mol. The monoisotopic (exact) mass is 215 g/mol. The van der Waals surface area contributed by atoms with E-state index in [4.69, 9.17) is 16.3 Å². The predicted molar refractivity (Wildman–Crippen MR) is 51.5 cm³/mol. The van der Waals surface area contributed by atoms with Gasteiger partial charge < -0.3 is 9.47 Å². The Kier molecular flexibility index (Phi) is 3.71. The normalized spacial score (nSPS) is 9.64. The number of ether oxygens (including phenoxy) is 2. The van der Waals surface area contributed by atoms with Crippen LogP contribution in [0, 0.1) is 0 Å². The predicted octanol–water partition coefficient (Wildman–Crippen LogP) is 1.46. The van der Waals surface area contributed by atoms with Crippen LogP contribution in [0.5, 0.6) is 5.88 Å². The number of carbonyl (C=O) groups excluding carboxylic acids is 1. The number of pyridine rings is 1. The summed E-state index contributed by atoms with van der Waals surface area (Å²) in [7, 11) is 2.82. The molecule has 0 aliphatic rings. The Balaban J connectivity index is 2.86. The van der Waals surface area contributed by atoms with Crippen molar-refractivity contribution in [2.75, 3.05) is 14.2 Å². The van der Waals surface area contributed by atoms with Gasteiger partial charge >= 0.3 is 5.97 Å².